The van der Waals surface area contributed by atoms with E-state index in [9.17, 15) is 0 Å². The fraction of sp³-hybridized carbons (Fsp3) is 0.727. The lowest BCUT2D eigenvalue weighted by Crippen LogP contribution is -2.07. The Bertz CT molecular complexity index is 274. The van der Waals surface area contributed by atoms with Crippen molar-refractivity contribution >= 4 is 0 Å². The molecule has 0 spiro atoms. The summed E-state index contributed by atoms with van der Waals surface area (Å²) < 4.78 is 2.11. The molecule has 1 aromatic heterocycles. The summed E-state index contributed by atoms with van der Waals surface area (Å²) in [5, 5.41) is 7.71. The van der Waals surface area contributed by atoms with Gasteiger partial charge in [-0.15, -0.1) is 0 Å². The van der Waals surface area contributed by atoms with Gasteiger partial charge in [0.25, 0.3) is 0 Å². The van der Waals surface area contributed by atoms with Crippen LogP contribution in [0.15, 0.2) is 6.20 Å². The Hall–Kier alpha value is -0.830. The van der Waals surface area contributed by atoms with Crippen molar-refractivity contribution in [2.24, 2.45) is 0 Å². The first-order valence-corrected chi connectivity index (χ1v) is 5.42. The topological polar surface area (TPSA) is 29.9 Å². The monoisotopic (exact) mass is 195 g/mol. The van der Waals surface area contributed by atoms with Crippen molar-refractivity contribution in [2.45, 2.75) is 46.2 Å². The van der Waals surface area contributed by atoms with Gasteiger partial charge in [0, 0.05) is 18.3 Å². The van der Waals surface area contributed by atoms with Crippen LogP contribution in [0.3, 0.4) is 0 Å². The molecule has 0 fully saturated rings. The van der Waals surface area contributed by atoms with Gasteiger partial charge >= 0.3 is 0 Å². The zero-order chi connectivity index (χ0) is 10.6. The summed E-state index contributed by atoms with van der Waals surface area (Å²) in [5.41, 5.74) is 2.45. The Balaban J connectivity index is 2.83. The Kier molecular flexibility index (Phi) is 4.14. The van der Waals surface area contributed by atoms with E-state index in [1.807, 2.05) is 7.05 Å². The van der Waals surface area contributed by atoms with Gasteiger partial charge in [0.15, 0.2) is 0 Å². The molecule has 0 aliphatic heterocycles. The van der Waals surface area contributed by atoms with E-state index in [0.29, 0.717) is 6.04 Å². The minimum absolute atomic E-state index is 0.555. The lowest BCUT2D eigenvalue weighted by Gasteiger charge is -2.12. The van der Waals surface area contributed by atoms with Gasteiger partial charge in [0.1, 0.15) is 0 Å². The van der Waals surface area contributed by atoms with Crippen LogP contribution in [0.25, 0.3) is 0 Å². The molecule has 0 amide bonds. The van der Waals surface area contributed by atoms with Crippen molar-refractivity contribution in [3.05, 3.63) is 17.5 Å². The van der Waals surface area contributed by atoms with Crippen LogP contribution in [0.1, 0.15) is 44.0 Å². The second kappa shape index (κ2) is 5.15. The van der Waals surface area contributed by atoms with Gasteiger partial charge < -0.3 is 5.32 Å². The Morgan fingerprint density at radius 3 is 2.57 bits per heavy atom. The summed E-state index contributed by atoms with van der Waals surface area (Å²) >= 11 is 0. The predicted octanol–water partition coefficient (Wildman–Crippen LogP) is 2.27. The van der Waals surface area contributed by atoms with Crippen molar-refractivity contribution in [3.8, 4) is 0 Å². The molecule has 0 bridgehead atoms. The van der Waals surface area contributed by atoms with Crippen molar-refractivity contribution < 1.29 is 0 Å². The number of hydrogen-bond acceptors (Lipinski definition) is 2. The van der Waals surface area contributed by atoms with Crippen molar-refractivity contribution in [1.82, 2.24) is 15.1 Å². The first-order valence-electron chi connectivity index (χ1n) is 5.42. The Morgan fingerprint density at radius 1 is 1.43 bits per heavy atom. The van der Waals surface area contributed by atoms with Gasteiger partial charge in [-0.3, -0.25) is 4.68 Å². The second-order valence-corrected chi connectivity index (χ2v) is 3.72. The van der Waals surface area contributed by atoms with Gasteiger partial charge in [-0.1, -0.05) is 13.8 Å². The van der Waals surface area contributed by atoms with E-state index in [4.69, 9.17) is 0 Å². The molecule has 80 valence electrons. The molecule has 0 atom stereocenters. The fourth-order valence-corrected chi connectivity index (χ4v) is 1.73. The van der Waals surface area contributed by atoms with Crippen LogP contribution < -0.4 is 5.32 Å². The van der Waals surface area contributed by atoms with Gasteiger partial charge in [-0.2, -0.15) is 5.10 Å². The average molecular weight is 195 g/mol. The summed E-state index contributed by atoms with van der Waals surface area (Å²) in [5.74, 6) is 0. The number of aromatic nitrogens is 2. The number of nitrogens with one attached hydrogen (secondary N) is 1. The minimum Gasteiger partial charge on any atom is -0.316 e. The van der Waals surface area contributed by atoms with E-state index in [1.54, 1.807) is 0 Å². The third-order valence-electron chi connectivity index (χ3n) is 2.70. The van der Waals surface area contributed by atoms with Crippen LogP contribution >= 0.6 is 0 Å². The molecule has 0 saturated carbocycles. The minimum atomic E-state index is 0.555. The third kappa shape index (κ3) is 2.35. The number of aryl methyl sites for hydroxylation is 1. The molecule has 1 heterocycles. The van der Waals surface area contributed by atoms with Gasteiger partial charge in [-0.05, 0) is 26.8 Å². The second-order valence-electron chi connectivity index (χ2n) is 3.72. The first-order chi connectivity index (χ1) is 6.72. The summed E-state index contributed by atoms with van der Waals surface area (Å²) in [7, 11) is 1.97. The molecule has 0 aliphatic carbocycles. The molecule has 3 heteroatoms. The van der Waals surface area contributed by atoms with Crippen LogP contribution in [0, 0.1) is 6.92 Å². The highest BCUT2D eigenvalue weighted by Crippen LogP contribution is 2.16. The number of rotatable bonds is 5. The molecule has 1 aromatic rings. The molecule has 0 unspecified atom stereocenters. The summed E-state index contributed by atoms with van der Waals surface area (Å²) in [4.78, 5) is 0. The lowest BCUT2D eigenvalue weighted by molar-refractivity contribution is 0.426. The molecular weight excluding hydrogens is 174 g/mol. The molecule has 3 nitrogen and oxygen atoms in total. The molecule has 1 rings (SSSR count). The normalized spacial score (nSPS) is 11.2. The van der Waals surface area contributed by atoms with Crippen LogP contribution in [-0.2, 0) is 6.54 Å². The number of hydrogen-bond donors (Lipinski definition) is 1. The maximum Gasteiger partial charge on any atom is 0.0638 e. The van der Waals surface area contributed by atoms with Crippen LogP contribution in [-0.4, -0.2) is 16.8 Å². The SMILES string of the molecule is CCC(CC)n1cc(CNC)c(C)n1. The van der Waals surface area contributed by atoms with E-state index < -0.39 is 0 Å². The van der Waals surface area contributed by atoms with Crippen LogP contribution in [0.4, 0.5) is 0 Å². The quantitative estimate of drug-likeness (QED) is 0.781. The molecule has 0 aliphatic rings. The molecule has 0 aromatic carbocycles. The largest absolute Gasteiger partial charge is 0.316 e. The first kappa shape index (κ1) is 11.2. The predicted molar refractivity (Wildman–Crippen MR) is 59.3 cm³/mol. The van der Waals surface area contributed by atoms with E-state index in [1.165, 1.54) is 5.56 Å². The smallest absolute Gasteiger partial charge is 0.0638 e. The number of nitrogens with zero attached hydrogens (tertiary/aromatic N) is 2. The third-order valence-corrected chi connectivity index (χ3v) is 2.70. The highest BCUT2D eigenvalue weighted by Gasteiger charge is 2.10. The molecule has 0 radical (unpaired) electrons. The van der Waals surface area contributed by atoms with Crippen molar-refractivity contribution in [3.63, 3.8) is 0 Å². The highest BCUT2D eigenvalue weighted by atomic mass is 15.3. The fourth-order valence-electron chi connectivity index (χ4n) is 1.73. The standard InChI is InChI=1S/C11H21N3/c1-5-11(6-2)14-8-10(7-12-4)9(3)13-14/h8,11-12H,5-7H2,1-4H3. The van der Waals surface area contributed by atoms with Gasteiger partial charge in [0.05, 0.1) is 11.7 Å². The Morgan fingerprint density at radius 2 is 2.07 bits per heavy atom. The van der Waals surface area contributed by atoms with Crippen molar-refractivity contribution in [1.29, 1.82) is 0 Å². The van der Waals surface area contributed by atoms with Crippen LogP contribution in [0.2, 0.25) is 0 Å². The summed E-state index contributed by atoms with van der Waals surface area (Å²) in [6.45, 7) is 7.41. The van der Waals surface area contributed by atoms with Gasteiger partial charge in [0.2, 0.25) is 0 Å². The van der Waals surface area contributed by atoms with E-state index in [-0.39, 0.29) is 0 Å². The van der Waals surface area contributed by atoms with E-state index >= 15 is 0 Å². The molecule has 0 saturated heterocycles. The zero-order valence-corrected chi connectivity index (χ0v) is 9.67. The van der Waals surface area contributed by atoms with Crippen molar-refractivity contribution in [2.75, 3.05) is 7.05 Å². The van der Waals surface area contributed by atoms with E-state index in [2.05, 4.69) is 42.1 Å². The maximum absolute atomic E-state index is 4.55. The summed E-state index contributed by atoms with van der Waals surface area (Å²) in [6, 6.07) is 0.555. The highest BCUT2D eigenvalue weighted by molar-refractivity contribution is 5.15. The zero-order valence-electron chi connectivity index (χ0n) is 9.67. The molecule has 14 heavy (non-hydrogen) atoms. The maximum atomic E-state index is 4.55. The average Bonchev–Trinajstić information content (AvgIpc) is 2.51. The van der Waals surface area contributed by atoms with E-state index in [0.717, 1.165) is 25.1 Å². The lowest BCUT2D eigenvalue weighted by atomic mass is 10.2. The molecule has 1 N–H and O–H groups in total. The van der Waals surface area contributed by atoms with Gasteiger partial charge in [-0.25, -0.2) is 0 Å². The molecular formula is C11H21N3. The Labute approximate surface area is 86.5 Å². The van der Waals surface area contributed by atoms with Crippen LogP contribution in [0.5, 0.6) is 0 Å². The summed E-state index contributed by atoms with van der Waals surface area (Å²) in [6.07, 6.45) is 4.47.